The van der Waals surface area contributed by atoms with E-state index < -0.39 is 6.04 Å². The average molecular weight is 377 g/mol. The number of amides is 1. The largest absolute Gasteiger partial charge is 0.505 e. The minimum Gasteiger partial charge on any atom is -0.505 e. The number of phenols is 1. The number of benzene rings is 1. The van der Waals surface area contributed by atoms with E-state index in [2.05, 4.69) is 36.1 Å². The monoisotopic (exact) mass is 377 g/mol. The summed E-state index contributed by atoms with van der Waals surface area (Å²) in [5.41, 5.74) is 2.91. The third-order valence-corrected chi connectivity index (χ3v) is 4.81. The van der Waals surface area contributed by atoms with Gasteiger partial charge in [0.25, 0.3) is 0 Å². The molecule has 0 saturated carbocycles. The molecule has 1 amide bonds. The highest BCUT2D eigenvalue weighted by Gasteiger charge is 2.26. The van der Waals surface area contributed by atoms with Gasteiger partial charge in [0, 0.05) is 36.0 Å². The van der Waals surface area contributed by atoms with Crippen LogP contribution in [-0.4, -0.2) is 21.0 Å². The lowest BCUT2D eigenvalue weighted by Gasteiger charge is -2.26. The van der Waals surface area contributed by atoms with E-state index in [9.17, 15) is 9.90 Å². The van der Waals surface area contributed by atoms with Gasteiger partial charge in [-0.05, 0) is 41.2 Å². The molecule has 2 aromatic heterocycles. The molecule has 1 unspecified atom stereocenters. The molecule has 1 atom stereocenters. The van der Waals surface area contributed by atoms with E-state index in [0.717, 1.165) is 22.9 Å². The summed E-state index contributed by atoms with van der Waals surface area (Å²) in [5, 5.41) is 15.1. The fourth-order valence-corrected chi connectivity index (χ4v) is 3.44. The predicted octanol–water partition coefficient (Wildman–Crippen LogP) is 4.64. The molecule has 0 aliphatic heterocycles. The Kier molecular flexibility index (Phi) is 5.63. The van der Waals surface area contributed by atoms with Crippen molar-refractivity contribution >= 4 is 16.8 Å². The lowest BCUT2D eigenvalue weighted by Crippen LogP contribution is -2.29. The van der Waals surface area contributed by atoms with Crippen molar-refractivity contribution in [1.29, 1.82) is 0 Å². The number of aromatic hydroxyl groups is 1. The molecule has 1 aromatic carbocycles. The molecule has 0 aliphatic rings. The number of rotatable bonds is 5. The number of carbonyl (C=O) groups is 1. The van der Waals surface area contributed by atoms with Crippen LogP contribution < -0.4 is 5.32 Å². The maximum Gasteiger partial charge on any atom is 0.220 e. The third kappa shape index (κ3) is 3.98. The zero-order chi connectivity index (χ0) is 20.3. The van der Waals surface area contributed by atoms with Crippen molar-refractivity contribution in [2.24, 2.45) is 0 Å². The van der Waals surface area contributed by atoms with E-state index in [1.54, 1.807) is 18.6 Å². The Morgan fingerprint density at radius 2 is 1.96 bits per heavy atom. The van der Waals surface area contributed by atoms with E-state index in [-0.39, 0.29) is 17.1 Å². The number of aromatic nitrogens is 2. The van der Waals surface area contributed by atoms with Gasteiger partial charge >= 0.3 is 0 Å². The molecule has 0 aliphatic carbocycles. The molecule has 2 heterocycles. The van der Waals surface area contributed by atoms with Crippen LogP contribution >= 0.6 is 0 Å². The van der Waals surface area contributed by atoms with E-state index in [1.165, 1.54) is 0 Å². The van der Waals surface area contributed by atoms with Crippen molar-refractivity contribution in [3.8, 4) is 5.75 Å². The summed E-state index contributed by atoms with van der Waals surface area (Å²) in [4.78, 5) is 21.1. The Morgan fingerprint density at radius 1 is 1.21 bits per heavy atom. The first kappa shape index (κ1) is 19.8. The van der Waals surface area contributed by atoms with E-state index >= 15 is 0 Å². The molecule has 146 valence electrons. The molecule has 3 rings (SSSR count). The summed E-state index contributed by atoms with van der Waals surface area (Å²) in [6.45, 7) is 8.35. The molecule has 2 N–H and O–H groups in total. The number of phenolic OH excluding ortho intramolecular Hbond substituents is 1. The molecule has 5 nitrogen and oxygen atoms in total. The molecule has 28 heavy (non-hydrogen) atoms. The molecule has 0 bridgehead atoms. The van der Waals surface area contributed by atoms with Crippen LogP contribution in [0.3, 0.4) is 0 Å². The van der Waals surface area contributed by atoms with Crippen molar-refractivity contribution < 1.29 is 9.90 Å². The molecule has 5 heteroatoms. The lowest BCUT2D eigenvalue weighted by molar-refractivity contribution is -0.121. The zero-order valence-corrected chi connectivity index (χ0v) is 16.9. The fourth-order valence-electron chi connectivity index (χ4n) is 3.44. The van der Waals surface area contributed by atoms with Crippen LogP contribution in [0.2, 0.25) is 0 Å². The van der Waals surface area contributed by atoms with Crippen molar-refractivity contribution in [2.45, 2.75) is 52.0 Å². The normalized spacial score (nSPS) is 12.7. The first-order valence-electron chi connectivity index (χ1n) is 9.63. The van der Waals surface area contributed by atoms with Gasteiger partial charge in [-0.2, -0.15) is 0 Å². The minimum absolute atomic E-state index is 0.0609. The number of carbonyl (C=O) groups excluding carboxylic acids is 1. The summed E-state index contributed by atoms with van der Waals surface area (Å²) < 4.78 is 0. The number of hydrogen-bond acceptors (Lipinski definition) is 4. The second-order valence-electron chi connectivity index (χ2n) is 8.05. The fraction of sp³-hybridized carbons (Fsp3) is 0.348. The van der Waals surface area contributed by atoms with Gasteiger partial charge in [0.15, 0.2) is 0 Å². The minimum atomic E-state index is -0.500. The molecule has 0 saturated heterocycles. The van der Waals surface area contributed by atoms with Gasteiger partial charge in [0.2, 0.25) is 5.91 Å². The summed E-state index contributed by atoms with van der Waals surface area (Å²) in [6.07, 6.45) is 6.26. The maximum atomic E-state index is 12.4. The van der Waals surface area contributed by atoms with Crippen LogP contribution in [0.5, 0.6) is 5.75 Å². The molecule has 0 fully saturated rings. The van der Waals surface area contributed by atoms with Crippen molar-refractivity contribution in [2.75, 3.05) is 0 Å². The number of hydrogen-bond donors (Lipinski definition) is 2. The Bertz CT molecular complexity index is 978. The Balaban J connectivity index is 2.24. The highest BCUT2D eigenvalue weighted by molar-refractivity contribution is 5.90. The first-order valence-corrected chi connectivity index (χ1v) is 9.63. The number of nitrogens with zero attached hydrogens (tertiary/aromatic N) is 2. The second kappa shape index (κ2) is 7.97. The molecule has 0 spiro atoms. The Morgan fingerprint density at radius 3 is 2.61 bits per heavy atom. The highest BCUT2D eigenvalue weighted by atomic mass is 16.3. The van der Waals surface area contributed by atoms with Crippen molar-refractivity contribution in [3.63, 3.8) is 0 Å². The van der Waals surface area contributed by atoms with Crippen LogP contribution in [0.1, 0.15) is 63.3 Å². The zero-order valence-electron chi connectivity index (χ0n) is 16.9. The van der Waals surface area contributed by atoms with Crippen molar-refractivity contribution in [1.82, 2.24) is 15.3 Å². The quantitative estimate of drug-likeness (QED) is 0.679. The summed E-state index contributed by atoms with van der Waals surface area (Å²) in [6, 6.07) is 9.07. The van der Waals surface area contributed by atoms with Gasteiger partial charge in [-0.15, -0.1) is 0 Å². The lowest BCUT2D eigenvalue weighted by atomic mass is 9.81. The van der Waals surface area contributed by atoms with Crippen LogP contribution in [0.4, 0.5) is 0 Å². The second-order valence-corrected chi connectivity index (χ2v) is 8.05. The van der Waals surface area contributed by atoms with Gasteiger partial charge in [-0.25, -0.2) is 0 Å². The molecule has 3 aromatic rings. The van der Waals surface area contributed by atoms with E-state index in [0.29, 0.717) is 17.5 Å². The third-order valence-electron chi connectivity index (χ3n) is 4.81. The number of fused-ring (bicyclic) bond motifs is 1. The summed E-state index contributed by atoms with van der Waals surface area (Å²) in [7, 11) is 0. The van der Waals surface area contributed by atoms with Gasteiger partial charge in [0.1, 0.15) is 11.3 Å². The van der Waals surface area contributed by atoms with Gasteiger partial charge in [-0.3, -0.25) is 14.8 Å². The molecular weight excluding hydrogens is 350 g/mol. The predicted molar refractivity (Wildman–Crippen MR) is 111 cm³/mol. The van der Waals surface area contributed by atoms with Gasteiger partial charge in [0.05, 0.1) is 6.04 Å². The molecule has 0 radical (unpaired) electrons. The van der Waals surface area contributed by atoms with Gasteiger partial charge in [-0.1, -0.05) is 39.8 Å². The Hall–Kier alpha value is -2.95. The van der Waals surface area contributed by atoms with Crippen LogP contribution in [-0.2, 0) is 10.2 Å². The Labute approximate surface area is 165 Å². The van der Waals surface area contributed by atoms with E-state index in [4.69, 9.17) is 0 Å². The summed E-state index contributed by atoms with van der Waals surface area (Å²) in [5.74, 6) is 0.0310. The van der Waals surface area contributed by atoms with Crippen LogP contribution in [0, 0.1) is 0 Å². The summed E-state index contributed by atoms with van der Waals surface area (Å²) >= 11 is 0. The maximum absolute atomic E-state index is 12.4. The first-order chi connectivity index (χ1) is 13.3. The van der Waals surface area contributed by atoms with Crippen LogP contribution in [0.15, 0.2) is 48.9 Å². The molecular formula is C23H27N3O2. The van der Waals surface area contributed by atoms with Gasteiger partial charge < -0.3 is 10.4 Å². The smallest absolute Gasteiger partial charge is 0.220 e. The number of nitrogens with one attached hydrogen (secondary N) is 1. The highest BCUT2D eigenvalue weighted by Crippen LogP contribution is 2.40. The van der Waals surface area contributed by atoms with Crippen LogP contribution in [0.25, 0.3) is 10.9 Å². The van der Waals surface area contributed by atoms with Crippen molar-refractivity contribution in [3.05, 3.63) is 65.6 Å². The number of pyridine rings is 2. The van der Waals surface area contributed by atoms with E-state index in [1.807, 2.05) is 37.3 Å². The standard InChI is InChI=1S/C23H27N3O2/c1-5-8-19(27)26-20(15-9-6-11-24-14-15)17-13-18(23(2,3)4)16-10-7-12-25-21(16)22(17)28/h6-7,9-14,20,28H,5,8H2,1-4H3,(H,26,27). The topological polar surface area (TPSA) is 75.1 Å². The average Bonchev–Trinajstić information content (AvgIpc) is 2.67. The SMILES string of the molecule is CCCC(=O)NC(c1cccnc1)c1cc(C(C)(C)C)c2cccnc2c1O.